The Kier molecular flexibility index (Phi) is 8.38. The summed E-state index contributed by atoms with van der Waals surface area (Å²) in [5.41, 5.74) is 0.471. The number of nitrogens with zero attached hydrogens (tertiary/aromatic N) is 3. The maximum Gasteiger partial charge on any atom is 0.316 e. The summed E-state index contributed by atoms with van der Waals surface area (Å²) in [6.45, 7) is 11.3. The number of carbonyl (C=O) groups excluding carboxylic acids is 1. The number of aromatic nitrogens is 1. The third-order valence-corrected chi connectivity index (χ3v) is 8.74. The first-order valence-electron chi connectivity index (χ1n) is 11.9. The van der Waals surface area contributed by atoms with Crippen LogP contribution in [-0.2, 0) is 14.1 Å². The lowest BCUT2D eigenvalue weighted by molar-refractivity contribution is -0.144. The van der Waals surface area contributed by atoms with Crippen molar-refractivity contribution in [3.63, 3.8) is 0 Å². The quantitative estimate of drug-likeness (QED) is 0.211. The molecular weight excluding hydrogens is 540 g/mol. The van der Waals surface area contributed by atoms with Crippen molar-refractivity contribution in [3.05, 3.63) is 11.8 Å². The lowest BCUT2D eigenvalue weighted by Gasteiger charge is -2.42. The zero-order valence-corrected chi connectivity index (χ0v) is 22.7. The van der Waals surface area contributed by atoms with Gasteiger partial charge in [-0.15, -0.1) is 0 Å². The van der Waals surface area contributed by atoms with Crippen LogP contribution < -0.4 is 4.90 Å². The molecule has 0 spiro atoms. The van der Waals surface area contributed by atoms with Crippen LogP contribution >= 0.6 is 28.5 Å². The number of methoxy groups -OCH3 is 1. The number of halogens is 1. The van der Waals surface area contributed by atoms with Gasteiger partial charge in [0.1, 0.15) is 5.92 Å². The molecule has 1 saturated carbocycles. The monoisotopic (exact) mass is 577 g/mol. The molecule has 3 aliphatic rings. The first kappa shape index (κ1) is 24.7. The van der Waals surface area contributed by atoms with Gasteiger partial charge in [0.2, 0.25) is 0 Å². The Bertz CT molecular complexity index is 758. The average Bonchev–Trinajstić information content (AvgIpc) is 3.35. The van der Waals surface area contributed by atoms with E-state index in [1.165, 1.54) is 58.8 Å². The molecule has 1 aliphatic carbocycles. The van der Waals surface area contributed by atoms with Crippen LogP contribution in [0, 0.1) is 23.2 Å². The minimum Gasteiger partial charge on any atom is -0.468 e. The van der Waals surface area contributed by atoms with Gasteiger partial charge in [-0.25, -0.2) is 0 Å². The number of esters is 1. The highest BCUT2D eigenvalue weighted by atomic mass is 127. The van der Waals surface area contributed by atoms with Gasteiger partial charge < -0.3 is 23.6 Å². The molecule has 180 valence electrons. The number of rotatable bonds is 11. The predicted molar refractivity (Wildman–Crippen MR) is 136 cm³/mol. The molecule has 4 rings (SSSR count). The summed E-state index contributed by atoms with van der Waals surface area (Å²) in [5, 5.41) is 4.24. The van der Waals surface area contributed by atoms with E-state index < -0.39 is 5.92 Å². The van der Waals surface area contributed by atoms with E-state index in [-0.39, 0.29) is 11.9 Å². The van der Waals surface area contributed by atoms with Crippen molar-refractivity contribution in [2.75, 3.05) is 51.3 Å². The van der Waals surface area contributed by atoms with Gasteiger partial charge in [0, 0.05) is 31.1 Å². The van der Waals surface area contributed by atoms with E-state index in [0.717, 1.165) is 37.4 Å². The summed E-state index contributed by atoms with van der Waals surface area (Å²) in [4.78, 5) is 17.1. The van der Waals surface area contributed by atoms with Gasteiger partial charge in [-0.05, 0) is 85.0 Å². The van der Waals surface area contributed by atoms with Crippen LogP contribution in [-0.4, -0.2) is 62.5 Å². The van der Waals surface area contributed by atoms with E-state index in [0.29, 0.717) is 17.6 Å². The van der Waals surface area contributed by atoms with Gasteiger partial charge in [-0.1, -0.05) is 19.0 Å². The van der Waals surface area contributed by atoms with E-state index in [9.17, 15) is 4.79 Å². The minimum atomic E-state index is -0.396. The van der Waals surface area contributed by atoms with Crippen LogP contribution in [0.15, 0.2) is 10.6 Å². The molecule has 3 fully saturated rings. The van der Waals surface area contributed by atoms with Crippen molar-refractivity contribution in [3.8, 4) is 0 Å². The lowest BCUT2D eigenvalue weighted by atomic mass is 9.83. The zero-order valence-electron chi connectivity index (χ0n) is 19.5. The van der Waals surface area contributed by atoms with Gasteiger partial charge in [0.25, 0.3) is 0 Å². The van der Waals surface area contributed by atoms with Gasteiger partial charge in [-0.3, -0.25) is 4.79 Å². The number of likely N-dealkylation sites (tertiary alicyclic amines) is 1. The van der Waals surface area contributed by atoms with E-state index in [2.05, 4.69) is 37.0 Å². The maximum atomic E-state index is 12.1. The summed E-state index contributed by atoms with van der Waals surface area (Å²) in [7, 11) is 1.42. The fourth-order valence-electron chi connectivity index (χ4n) is 5.36. The second-order valence-electron chi connectivity index (χ2n) is 10.4. The molecule has 2 atom stereocenters. The summed E-state index contributed by atoms with van der Waals surface area (Å²) in [6.07, 6.45) is 6.64. The third kappa shape index (κ3) is 5.97. The Morgan fingerprint density at radius 1 is 1.31 bits per heavy atom. The molecule has 9 heteroatoms. The normalized spacial score (nSPS) is 23.1. The SMILES string of the molecule is COC(=O)C(c1cc(N2CC(CC3CCN(CC4(COPI)CC4)CC3)C2)no1)C(C)C. The van der Waals surface area contributed by atoms with Crippen LogP contribution in [0.3, 0.4) is 0 Å². The number of hydrogen-bond acceptors (Lipinski definition) is 7. The highest BCUT2D eigenvalue weighted by Crippen LogP contribution is 2.48. The van der Waals surface area contributed by atoms with Crippen molar-refractivity contribution < 1.29 is 18.6 Å². The van der Waals surface area contributed by atoms with Crippen LogP contribution in [0.25, 0.3) is 0 Å². The number of piperidine rings is 1. The standard InChI is InChI=1S/C23H37IN3O4P/c1-16(2)21(22(28)29-3)19-11-20(25-31-19)27-12-18(13-27)10-17-4-8-26(9-5-17)14-23(6-7-23)15-30-32-24/h11,16-18,21,32H,4-10,12-15H2,1-3H3. The smallest absolute Gasteiger partial charge is 0.316 e. The Hall–Kier alpha value is -0.440. The highest BCUT2D eigenvalue weighted by Gasteiger charge is 2.44. The molecular formula is C23H37IN3O4P. The molecule has 32 heavy (non-hydrogen) atoms. The van der Waals surface area contributed by atoms with Crippen LogP contribution in [0.5, 0.6) is 0 Å². The molecule has 1 aromatic heterocycles. The zero-order chi connectivity index (χ0) is 22.7. The third-order valence-electron chi connectivity index (χ3n) is 7.55. The molecule has 0 amide bonds. The summed E-state index contributed by atoms with van der Waals surface area (Å²) in [5.74, 6) is 2.49. The van der Waals surface area contributed by atoms with E-state index in [1.807, 2.05) is 19.9 Å². The van der Waals surface area contributed by atoms with E-state index >= 15 is 0 Å². The largest absolute Gasteiger partial charge is 0.468 e. The minimum absolute atomic E-state index is 0.104. The van der Waals surface area contributed by atoms with E-state index in [4.69, 9.17) is 13.8 Å². The fraction of sp³-hybridized carbons (Fsp3) is 0.826. The second-order valence-corrected chi connectivity index (χ2v) is 12.2. The van der Waals surface area contributed by atoms with Crippen molar-refractivity contribution in [1.82, 2.24) is 10.1 Å². The van der Waals surface area contributed by atoms with E-state index in [1.54, 1.807) is 0 Å². The maximum absolute atomic E-state index is 12.1. The number of ether oxygens (including phenoxy) is 1. The molecule has 3 heterocycles. The van der Waals surface area contributed by atoms with Gasteiger partial charge >= 0.3 is 5.97 Å². The predicted octanol–water partition coefficient (Wildman–Crippen LogP) is 4.87. The molecule has 0 N–H and O–H groups in total. The summed E-state index contributed by atoms with van der Waals surface area (Å²) in [6, 6.07) is 1.92. The fourth-order valence-corrected chi connectivity index (χ4v) is 6.18. The molecule has 2 saturated heterocycles. The average molecular weight is 577 g/mol. The number of hydrogen-bond donors (Lipinski definition) is 0. The van der Waals surface area contributed by atoms with Crippen molar-refractivity contribution in [1.29, 1.82) is 0 Å². The Morgan fingerprint density at radius 2 is 2.03 bits per heavy atom. The first-order chi connectivity index (χ1) is 15.4. The molecule has 2 aliphatic heterocycles. The Balaban J connectivity index is 1.18. The lowest BCUT2D eigenvalue weighted by Crippen LogP contribution is -2.48. The van der Waals surface area contributed by atoms with Crippen molar-refractivity contribution >= 4 is 40.3 Å². The summed E-state index contributed by atoms with van der Waals surface area (Å²) < 4.78 is 16.2. The Morgan fingerprint density at radius 3 is 2.62 bits per heavy atom. The van der Waals surface area contributed by atoms with Gasteiger partial charge in [-0.2, -0.15) is 0 Å². The molecule has 7 nitrogen and oxygen atoms in total. The number of carbonyl (C=O) groups is 1. The molecule has 2 unspecified atom stereocenters. The van der Waals surface area contributed by atoms with Crippen LogP contribution in [0.2, 0.25) is 0 Å². The second kappa shape index (κ2) is 10.9. The molecule has 1 aromatic rings. The van der Waals surface area contributed by atoms with Crippen LogP contribution in [0.1, 0.15) is 57.6 Å². The van der Waals surface area contributed by atoms with Gasteiger partial charge in [0.15, 0.2) is 11.6 Å². The summed E-state index contributed by atoms with van der Waals surface area (Å²) >= 11 is 2.33. The van der Waals surface area contributed by atoms with Crippen molar-refractivity contribution in [2.45, 2.75) is 51.9 Å². The van der Waals surface area contributed by atoms with Crippen molar-refractivity contribution in [2.24, 2.45) is 23.2 Å². The number of anilines is 1. The van der Waals surface area contributed by atoms with Crippen LogP contribution in [0.4, 0.5) is 5.82 Å². The molecule has 0 bridgehead atoms. The topological polar surface area (TPSA) is 68.0 Å². The molecule has 0 aromatic carbocycles. The Labute approximate surface area is 206 Å². The van der Waals surface area contributed by atoms with Gasteiger partial charge in [0.05, 0.1) is 20.2 Å². The molecule has 0 radical (unpaired) electrons. The first-order valence-corrected chi connectivity index (χ1v) is 15.9. The highest BCUT2D eigenvalue weighted by molar-refractivity contribution is 14.2.